The highest BCUT2D eigenvalue weighted by Crippen LogP contribution is 2.22. The van der Waals surface area contributed by atoms with E-state index >= 15 is 0 Å². The molecule has 1 heterocycles. The van der Waals surface area contributed by atoms with Gasteiger partial charge < -0.3 is 11.1 Å². The van der Waals surface area contributed by atoms with Crippen LogP contribution in [0, 0.1) is 6.92 Å². The third-order valence-electron chi connectivity index (χ3n) is 3.06. The zero-order valence-corrected chi connectivity index (χ0v) is 11.7. The molecule has 0 aliphatic rings. The predicted octanol–water partition coefficient (Wildman–Crippen LogP) is 3.26. The van der Waals surface area contributed by atoms with Crippen LogP contribution in [0.4, 0.5) is 5.82 Å². The van der Waals surface area contributed by atoms with Gasteiger partial charge in [-0.05, 0) is 38.0 Å². The lowest BCUT2D eigenvalue weighted by atomic mass is 9.98. The summed E-state index contributed by atoms with van der Waals surface area (Å²) in [7, 11) is 0. The van der Waals surface area contributed by atoms with E-state index in [1.807, 2.05) is 43.3 Å². The van der Waals surface area contributed by atoms with E-state index in [0.717, 1.165) is 22.6 Å². The van der Waals surface area contributed by atoms with Gasteiger partial charge >= 0.3 is 0 Å². The third kappa shape index (κ3) is 3.32. The van der Waals surface area contributed by atoms with Gasteiger partial charge in [0.15, 0.2) is 0 Å². The highest BCUT2D eigenvalue weighted by Gasteiger charge is 2.12. The number of benzene rings is 1. The number of hydrogen-bond donors (Lipinski definition) is 2. The first kappa shape index (κ1) is 13.6. The van der Waals surface area contributed by atoms with Gasteiger partial charge in [0, 0.05) is 11.7 Å². The maximum absolute atomic E-state index is 6.31. The Morgan fingerprint density at radius 2 is 1.74 bits per heavy atom. The third-order valence-corrected chi connectivity index (χ3v) is 3.06. The van der Waals surface area contributed by atoms with E-state index in [4.69, 9.17) is 5.73 Å². The van der Waals surface area contributed by atoms with Crippen molar-refractivity contribution in [1.29, 1.82) is 0 Å². The summed E-state index contributed by atoms with van der Waals surface area (Å²) in [6.07, 6.45) is 0. The van der Waals surface area contributed by atoms with Crippen LogP contribution in [0.25, 0.3) is 0 Å². The summed E-state index contributed by atoms with van der Waals surface area (Å²) in [5, 5.41) is 3.30. The molecule has 0 fully saturated rings. The molecule has 0 aliphatic heterocycles. The van der Waals surface area contributed by atoms with Crippen molar-refractivity contribution < 1.29 is 0 Å². The standard InChI is InChI=1S/C16H21N3/c1-11(2)18-15-10-9-14(12(3)19-15)16(17)13-7-5-4-6-8-13/h4-11,16H,17H2,1-3H3,(H,18,19)/t16-/m1/s1. The fraction of sp³-hybridized carbons (Fsp3) is 0.312. The smallest absolute Gasteiger partial charge is 0.126 e. The van der Waals surface area contributed by atoms with E-state index in [-0.39, 0.29) is 6.04 Å². The lowest BCUT2D eigenvalue weighted by Crippen LogP contribution is -2.16. The molecule has 2 rings (SSSR count). The molecule has 100 valence electrons. The van der Waals surface area contributed by atoms with Gasteiger partial charge in [0.25, 0.3) is 0 Å². The SMILES string of the molecule is Cc1nc(NC(C)C)ccc1[C@H](N)c1ccccc1. The van der Waals surface area contributed by atoms with E-state index in [1.54, 1.807) is 0 Å². The molecule has 1 aromatic carbocycles. The highest BCUT2D eigenvalue weighted by molar-refractivity contribution is 5.42. The van der Waals surface area contributed by atoms with Crippen LogP contribution in [0.5, 0.6) is 0 Å². The summed E-state index contributed by atoms with van der Waals surface area (Å²) >= 11 is 0. The van der Waals surface area contributed by atoms with Crippen molar-refractivity contribution in [1.82, 2.24) is 4.98 Å². The van der Waals surface area contributed by atoms with Crippen LogP contribution < -0.4 is 11.1 Å². The average molecular weight is 255 g/mol. The van der Waals surface area contributed by atoms with Crippen molar-refractivity contribution in [2.24, 2.45) is 5.73 Å². The molecular weight excluding hydrogens is 234 g/mol. The number of nitrogens with zero attached hydrogens (tertiary/aromatic N) is 1. The first-order valence-corrected chi connectivity index (χ1v) is 6.62. The zero-order valence-electron chi connectivity index (χ0n) is 11.7. The van der Waals surface area contributed by atoms with Gasteiger partial charge in [-0.15, -0.1) is 0 Å². The molecule has 0 spiro atoms. The summed E-state index contributed by atoms with van der Waals surface area (Å²) in [6, 6.07) is 14.4. The second-order valence-corrected chi connectivity index (χ2v) is 5.06. The molecule has 0 saturated carbocycles. The van der Waals surface area contributed by atoms with Gasteiger partial charge in [0.05, 0.1) is 6.04 Å². The number of nitrogens with two attached hydrogens (primary N) is 1. The van der Waals surface area contributed by atoms with Crippen molar-refractivity contribution in [2.75, 3.05) is 5.32 Å². The fourth-order valence-electron chi connectivity index (χ4n) is 2.12. The Bertz CT molecular complexity index is 535. The molecule has 0 amide bonds. The Balaban J connectivity index is 2.26. The molecule has 1 aromatic heterocycles. The van der Waals surface area contributed by atoms with Gasteiger partial charge in [-0.25, -0.2) is 4.98 Å². The van der Waals surface area contributed by atoms with Crippen molar-refractivity contribution >= 4 is 5.82 Å². The van der Waals surface area contributed by atoms with Crippen LogP contribution in [0.1, 0.15) is 36.7 Å². The van der Waals surface area contributed by atoms with E-state index in [2.05, 4.69) is 30.2 Å². The number of pyridine rings is 1. The van der Waals surface area contributed by atoms with Crippen molar-refractivity contribution in [3.05, 3.63) is 59.3 Å². The minimum absolute atomic E-state index is 0.123. The molecule has 3 heteroatoms. The lowest BCUT2D eigenvalue weighted by molar-refractivity contribution is 0.841. The molecule has 1 atom stereocenters. The Morgan fingerprint density at radius 1 is 1.05 bits per heavy atom. The minimum atomic E-state index is -0.123. The number of rotatable bonds is 4. The van der Waals surface area contributed by atoms with Crippen LogP contribution >= 0.6 is 0 Å². The van der Waals surface area contributed by atoms with E-state index in [0.29, 0.717) is 6.04 Å². The zero-order chi connectivity index (χ0) is 13.8. The van der Waals surface area contributed by atoms with Crippen LogP contribution in [0.3, 0.4) is 0 Å². The summed E-state index contributed by atoms with van der Waals surface area (Å²) < 4.78 is 0. The highest BCUT2D eigenvalue weighted by atomic mass is 15.0. The minimum Gasteiger partial charge on any atom is -0.368 e. The summed E-state index contributed by atoms with van der Waals surface area (Å²) in [4.78, 5) is 4.57. The molecule has 3 N–H and O–H groups in total. The predicted molar refractivity (Wildman–Crippen MR) is 80.2 cm³/mol. The molecule has 0 aliphatic carbocycles. The molecule has 3 nitrogen and oxygen atoms in total. The van der Waals surface area contributed by atoms with Crippen LogP contribution in [0.2, 0.25) is 0 Å². The molecule has 19 heavy (non-hydrogen) atoms. The second-order valence-electron chi connectivity index (χ2n) is 5.06. The van der Waals surface area contributed by atoms with Crippen LogP contribution in [-0.2, 0) is 0 Å². The molecule has 0 saturated heterocycles. The summed E-state index contributed by atoms with van der Waals surface area (Å²) in [6.45, 7) is 6.20. The molecule has 2 aromatic rings. The van der Waals surface area contributed by atoms with Crippen molar-refractivity contribution in [3.8, 4) is 0 Å². The van der Waals surface area contributed by atoms with Gasteiger partial charge in [0.2, 0.25) is 0 Å². The topological polar surface area (TPSA) is 50.9 Å². The molecule has 0 unspecified atom stereocenters. The number of hydrogen-bond acceptors (Lipinski definition) is 3. The largest absolute Gasteiger partial charge is 0.368 e. The number of aryl methyl sites for hydroxylation is 1. The number of anilines is 1. The van der Waals surface area contributed by atoms with Gasteiger partial charge in [0.1, 0.15) is 5.82 Å². The Morgan fingerprint density at radius 3 is 2.32 bits per heavy atom. The molecule has 0 radical (unpaired) electrons. The van der Waals surface area contributed by atoms with Crippen LogP contribution in [-0.4, -0.2) is 11.0 Å². The van der Waals surface area contributed by atoms with Crippen LogP contribution in [0.15, 0.2) is 42.5 Å². The summed E-state index contributed by atoms with van der Waals surface area (Å²) in [5.74, 6) is 0.900. The maximum atomic E-state index is 6.31. The van der Waals surface area contributed by atoms with Gasteiger partial charge in [-0.3, -0.25) is 0 Å². The average Bonchev–Trinajstić information content (AvgIpc) is 2.38. The van der Waals surface area contributed by atoms with E-state index in [1.165, 1.54) is 0 Å². The Kier molecular flexibility index (Phi) is 4.17. The van der Waals surface area contributed by atoms with Crippen molar-refractivity contribution in [2.45, 2.75) is 32.9 Å². The maximum Gasteiger partial charge on any atom is 0.126 e. The first-order valence-electron chi connectivity index (χ1n) is 6.62. The number of nitrogens with one attached hydrogen (secondary N) is 1. The molecular formula is C16H21N3. The van der Waals surface area contributed by atoms with Crippen molar-refractivity contribution in [3.63, 3.8) is 0 Å². The lowest BCUT2D eigenvalue weighted by Gasteiger charge is -2.16. The van der Waals surface area contributed by atoms with E-state index < -0.39 is 0 Å². The van der Waals surface area contributed by atoms with Gasteiger partial charge in [-0.2, -0.15) is 0 Å². The summed E-state index contributed by atoms with van der Waals surface area (Å²) in [5.41, 5.74) is 9.46. The quantitative estimate of drug-likeness (QED) is 0.881. The monoisotopic (exact) mass is 255 g/mol. The van der Waals surface area contributed by atoms with E-state index in [9.17, 15) is 0 Å². The molecule has 0 bridgehead atoms. The fourth-order valence-corrected chi connectivity index (χ4v) is 2.12. The number of aromatic nitrogens is 1. The Hall–Kier alpha value is -1.87. The Labute approximate surface area is 114 Å². The van der Waals surface area contributed by atoms with Gasteiger partial charge in [-0.1, -0.05) is 36.4 Å². The second kappa shape index (κ2) is 5.85. The normalized spacial score (nSPS) is 12.5. The first-order chi connectivity index (χ1) is 9.08.